The summed E-state index contributed by atoms with van der Waals surface area (Å²) in [4.78, 5) is 37.5. The van der Waals surface area contributed by atoms with E-state index in [2.05, 4.69) is 61.1 Å². The van der Waals surface area contributed by atoms with E-state index in [9.17, 15) is 14.4 Å². The molecule has 158 valence electrons. The largest absolute Gasteiger partial charge is 0.344 e. The van der Waals surface area contributed by atoms with Crippen LogP contribution in [0.4, 0.5) is 4.79 Å². The van der Waals surface area contributed by atoms with Gasteiger partial charge in [-0.15, -0.1) is 0 Å². The average molecular weight is 401 g/mol. The van der Waals surface area contributed by atoms with Crippen LogP contribution >= 0.6 is 0 Å². The van der Waals surface area contributed by atoms with Gasteiger partial charge in [0.25, 0.3) is 11.8 Å². The zero-order valence-electron chi connectivity index (χ0n) is 17.6. The molecular weight excluding hydrogens is 368 g/mol. The summed E-state index contributed by atoms with van der Waals surface area (Å²) in [5.74, 6) is -0.471. The lowest BCUT2D eigenvalue weighted by Gasteiger charge is -2.30. The van der Waals surface area contributed by atoms with Crippen molar-refractivity contribution in [1.82, 2.24) is 21.1 Å². The van der Waals surface area contributed by atoms with E-state index in [0.717, 1.165) is 36.3 Å². The Bertz CT molecular complexity index is 754. The molecule has 29 heavy (non-hydrogen) atoms. The molecule has 0 bridgehead atoms. The number of nitrogens with one attached hydrogen (secondary N) is 3. The summed E-state index contributed by atoms with van der Waals surface area (Å²) in [6, 6.07) is 7.82. The molecule has 1 aliphatic carbocycles. The number of amides is 4. The van der Waals surface area contributed by atoms with E-state index in [-0.39, 0.29) is 24.4 Å². The Balaban J connectivity index is 1.59. The first kappa shape index (κ1) is 21.3. The van der Waals surface area contributed by atoms with E-state index in [0.29, 0.717) is 12.8 Å². The van der Waals surface area contributed by atoms with E-state index in [1.54, 1.807) is 0 Å². The predicted octanol–water partition coefficient (Wildman–Crippen LogP) is 2.82. The van der Waals surface area contributed by atoms with E-state index in [4.69, 9.17) is 0 Å². The molecule has 3 rings (SSSR count). The Labute approximate surface area is 172 Å². The van der Waals surface area contributed by atoms with Crippen LogP contribution in [0.1, 0.15) is 70.0 Å². The number of nitrogens with zero attached hydrogens (tertiary/aromatic N) is 1. The van der Waals surface area contributed by atoms with Crippen LogP contribution in [-0.2, 0) is 16.0 Å². The highest BCUT2D eigenvalue weighted by molar-refractivity contribution is 6.08. The molecule has 4 amide bonds. The van der Waals surface area contributed by atoms with Crippen LogP contribution < -0.4 is 16.1 Å². The van der Waals surface area contributed by atoms with E-state index < -0.39 is 17.5 Å². The zero-order valence-corrected chi connectivity index (χ0v) is 17.6. The van der Waals surface area contributed by atoms with E-state index in [1.165, 1.54) is 5.56 Å². The van der Waals surface area contributed by atoms with Crippen LogP contribution in [-0.4, -0.2) is 34.9 Å². The molecule has 1 saturated heterocycles. The lowest BCUT2D eigenvalue weighted by atomic mass is 9.82. The molecule has 0 aromatic heterocycles. The Morgan fingerprint density at radius 3 is 2.38 bits per heavy atom. The second-order valence-corrected chi connectivity index (χ2v) is 8.45. The Hall–Kier alpha value is -2.41. The van der Waals surface area contributed by atoms with Crippen molar-refractivity contribution in [3.63, 3.8) is 0 Å². The molecule has 7 nitrogen and oxygen atoms in total. The number of urea groups is 1. The minimum atomic E-state index is -0.836. The summed E-state index contributed by atoms with van der Waals surface area (Å²) in [5, 5.41) is 6.92. The Morgan fingerprint density at radius 2 is 1.79 bits per heavy atom. The van der Waals surface area contributed by atoms with Crippen molar-refractivity contribution in [2.45, 2.75) is 70.9 Å². The smallest absolute Gasteiger partial charge is 0.322 e. The monoisotopic (exact) mass is 400 g/mol. The van der Waals surface area contributed by atoms with Gasteiger partial charge in [-0.05, 0) is 36.3 Å². The van der Waals surface area contributed by atoms with Crippen molar-refractivity contribution < 1.29 is 14.4 Å². The molecule has 1 aliphatic heterocycles. The van der Waals surface area contributed by atoms with Crippen molar-refractivity contribution >= 4 is 17.8 Å². The number of benzene rings is 1. The number of hydrazine groups is 1. The fourth-order valence-corrected chi connectivity index (χ4v) is 4.28. The van der Waals surface area contributed by atoms with Gasteiger partial charge < -0.3 is 10.6 Å². The fourth-order valence-electron chi connectivity index (χ4n) is 4.28. The lowest BCUT2D eigenvalue weighted by Crippen LogP contribution is -2.52. The number of carbonyl (C=O) groups is 3. The molecule has 1 atom stereocenters. The van der Waals surface area contributed by atoms with Gasteiger partial charge >= 0.3 is 6.03 Å². The molecule has 1 aromatic carbocycles. The fraction of sp³-hybridized carbons (Fsp3) is 0.591. The van der Waals surface area contributed by atoms with Crippen LogP contribution in [0.25, 0.3) is 0 Å². The van der Waals surface area contributed by atoms with Crippen molar-refractivity contribution in [2.24, 2.45) is 5.92 Å². The minimum Gasteiger partial charge on any atom is -0.322 e. The zero-order chi connectivity index (χ0) is 21.0. The van der Waals surface area contributed by atoms with Gasteiger partial charge in [0.2, 0.25) is 0 Å². The van der Waals surface area contributed by atoms with Crippen molar-refractivity contribution in [3.05, 3.63) is 35.4 Å². The maximum absolute atomic E-state index is 12.8. The molecule has 2 fully saturated rings. The summed E-state index contributed by atoms with van der Waals surface area (Å²) in [7, 11) is 0. The van der Waals surface area contributed by atoms with Gasteiger partial charge in [0.05, 0.1) is 6.54 Å². The normalized spacial score (nSPS) is 19.5. The quantitative estimate of drug-likeness (QED) is 0.614. The van der Waals surface area contributed by atoms with E-state index in [1.807, 2.05) is 0 Å². The highest BCUT2D eigenvalue weighted by Crippen LogP contribution is 2.33. The maximum Gasteiger partial charge on any atom is 0.344 e. The molecule has 3 N–H and O–H groups in total. The van der Waals surface area contributed by atoms with Gasteiger partial charge in [0, 0.05) is 6.04 Å². The maximum atomic E-state index is 12.8. The molecule has 1 saturated carbocycles. The number of rotatable bonds is 7. The summed E-state index contributed by atoms with van der Waals surface area (Å²) in [6.07, 6.45) is 5.12. The highest BCUT2D eigenvalue weighted by Gasteiger charge is 2.52. The molecule has 2 aliphatic rings. The highest BCUT2D eigenvalue weighted by atomic mass is 16.2. The van der Waals surface area contributed by atoms with Crippen molar-refractivity contribution in [3.8, 4) is 0 Å². The number of carbonyl (C=O) groups excluding carboxylic acids is 3. The second kappa shape index (κ2) is 8.95. The molecule has 7 heteroatoms. The van der Waals surface area contributed by atoms with Gasteiger partial charge in [-0.25, -0.2) is 4.79 Å². The second-order valence-electron chi connectivity index (χ2n) is 8.45. The summed E-state index contributed by atoms with van der Waals surface area (Å²) >= 11 is 0. The van der Waals surface area contributed by atoms with Crippen LogP contribution in [0.3, 0.4) is 0 Å². The topological polar surface area (TPSA) is 90.5 Å². The standard InChI is InChI=1S/C22H32N4O3/c1-4-16-8-10-17(11-9-16)19(15(2)3)23-14-18(27)25-26-20(28)22(24-21(26)29)12-6-5-7-13-22/h8-11,15,19,23H,4-7,12-14H2,1-3H3,(H,24,29)(H,25,27)/t19-/m0/s1. The van der Waals surface area contributed by atoms with Crippen LogP contribution in [0, 0.1) is 5.92 Å². The number of hydrogen-bond donors (Lipinski definition) is 3. The first-order chi connectivity index (χ1) is 13.9. The molecule has 0 radical (unpaired) electrons. The number of imide groups is 1. The Kier molecular flexibility index (Phi) is 6.57. The van der Waals surface area contributed by atoms with Gasteiger partial charge in [-0.3, -0.25) is 15.0 Å². The average Bonchev–Trinajstić information content (AvgIpc) is 2.93. The predicted molar refractivity (Wildman–Crippen MR) is 111 cm³/mol. The summed E-state index contributed by atoms with van der Waals surface area (Å²) in [5.41, 5.74) is 4.03. The minimum absolute atomic E-state index is 0.000510. The van der Waals surface area contributed by atoms with Gasteiger partial charge in [0.1, 0.15) is 5.54 Å². The Morgan fingerprint density at radius 1 is 1.14 bits per heavy atom. The van der Waals surface area contributed by atoms with Gasteiger partial charge in [0.15, 0.2) is 0 Å². The molecule has 1 spiro atoms. The number of hydrogen-bond acceptors (Lipinski definition) is 4. The van der Waals surface area contributed by atoms with Crippen LogP contribution in [0.2, 0.25) is 0 Å². The third kappa shape index (κ3) is 4.61. The van der Waals surface area contributed by atoms with Gasteiger partial charge in [-0.1, -0.05) is 64.3 Å². The van der Waals surface area contributed by atoms with Crippen molar-refractivity contribution in [2.75, 3.05) is 6.54 Å². The summed E-state index contributed by atoms with van der Waals surface area (Å²) < 4.78 is 0. The molecule has 1 heterocycles. The van der Waals surface area contributed by atoms with Crippen LogP contribution in [0.5, 0.6) is 0 Å². The molecule has 0 unspecified atom stereocenters. The van der Waals surface area contributed by atoms with Crippen LogP contribution in [0.15, 0.2) is 24.3 Å². The van der Waals surface area contributed by atoms with Gasteiger partial charge in [-0.2, -0.15) is 5.01 Å². The first-order valence-corrected chi connectivity index (χ1v) is 10.6. The lowest BCUT2D eigenvalue weighted by molar-refractivity contribution is -0.139. The third-order valence-corrected chi connectivity index (χ3v) is 6.00. The van der Waals surface area contributed by atoms with E-state index >= 15 is 0 Å². The molecular formula is C22H32N4O3. The van der Waals surface area contributed by atoms with Crippen molar-refractivity contribution in [1.29, 1.82) is 0 Å². The summed E-state index contributed by atoms with van der Waals surface area (Å²) in [6.45, 7) is 6.31. The SMILES string of the molecule is CCc1ccc([C@@H](NCC(=O)NN2C(=O)NC3(CCCCC3)C2=O)C(C)C)cc1. The number of aryl methyl sites for hydroxylation is 1. The third-order valence-electron chi connectivity index (χ3n) is 6.00. The molecule has 1 aromatic rings. The first-order valence-electron chi connectivity index (χ1n) is 10.6.